The van der Waals surface area contributed by atoms with Crippen molar-refractivity contribution in [2.45, 2.75) is 18.9 Å². The molecule has 0 amide bonds. The number of hydrogen-bond donors (Lipinski definition) is 1. The molecule has 106 valence electrons. The number of ether oxygens (including phenoxy) is 2. The van der Waals surface area contributed by atoms with Gasteiger partial charge in [0.2, 0.25) is 0 Å². The molecule has 1 unspecified atom stereocenters. The van der Waals surface area contributed by atoms with Gasteiger partial charge in [-0.15, -0.1) is 0 Å². The van der Waals surface area contributed by atoms with Crippen molar-refractivity contribution in [3.63, 3.8) is 0 Å². The molecule has 3 heteroatoms. The molecule has 0 fully saturated rings. The highest BCUT2D eigenvalue weighted by molar-refractivity contribution is 5.39. The molecule has 1 N–H and O–H groups in total. The third-order valence-corrected chi connectivity index (χ3v) is 3.31. The van der Waals surface area contributed by atoms with Crippen LogP contribution < -0.4 is 9.47 Å². The summed E-state index contributed by atoms with van der Waals surface area (Å²) in [6.45, 7) is 0. The fourth-order valence-electron chi connectivity index (χ4n) is 2.14. The van der Waals surface area contributed by atoms with E-state index in [9.17, 15) is 5.11 Å². The Balaban J connectivity index is 2.06. The fourth-order valence-corrected chi connectivity index (χ4v) is 2.14. The zero-order chi connectivity index (χ0) is 14.4. The Bertz CT molecular complexity index is 515. The van der Waals surface area contributed by atoms with Crippen molar-refractivity contribution >= 4 is 0 Å². The van der Waals surface area contributed by atoms with Gasteiger partial charge in [-0.1, -0.05) is 30.3 Å². The lowest BCUT2D eigenvalue weighted by Gasteiger charge is -2.14. The minimum Gasteiger partial charge on any atom is -0.497 e. The molecule has 2 rings (SSSR count). The summed E-state index contributed by atoms with van der Waals surface area (Å²) >= 11 is 0. The Labute approximate surface area is 119 Å². The number of aryl methyl sites for hydroxylation is 1. The van der Waals surface area contributed by atoms with Crippen LogP contribution in [0.3, 0.4) is 0 Å². The number of rotatable bonds is 6. The Morgan fingerprint density at radius 3 is 2.10 bits per heavy atom. The second-order valence-electron chi connectivity index (χ2n) is 4.69. The van der Waals surface area contributed by atoms with Gasteiger partial charge in [0.25, 0.3) is 0 Å². The quantitative estimate of drug-likeness (QED) is 0.876. The van der Waals surface area contributed by atoms with Gasteiger partial charge in [-0.05, 0) is 36.1 Å². The first-order chi connectivity index (χ1) is 9.72. The molecular weight excluding hydrogens is 252 g/mol. The Kier molecular flexibility index (Phi) is 5.02. The summed E-state index contributed by atoms with van der Waals surface area (Å²) in [5.74, 6) is 1.39. The molecule has 0 aromatic heterocycles. The van der Waals surface area contributed by atoms with Gasteiger partial charge in [0.05, 0.1) is 20.3 Å². The maximum Gasteiger partial charge on any atom is 0.122 e. The fraction of sp³-hybridized carbons (Fsp3) is 0.294. The average molecular weight is 272 g/mol. The monoisotopic (exact) mass is 272 g/mol. The van der Waals surface area contributed by atoms with E-state index in [2.05, 4.69) is 12.1 Å². The lowest BCUT2D eigenvalue weighted by Crippen LogP contribution is -2.01. The maximum atomic E-state index is 10.3. The van der Waals surface area contributed by atoms with E-state index < -0.39 is 6.10 Å². The SMILES string of the molecule is COc1cc(OC)cc(C(O)CCc2ccccc2)c1. The number of aliphatic hydroxyl groups excluding tert-OH is 1. The molecule has 0 radical (unpaired) electrons. The van der Waals surface area contributed by atoms with Crippen LogP contribution in [0.2, 0.25) is 0 Å². The summed E-state index contributed by atoms with van der Waals surface area (Å²) < 4.78 is 10.4. The predicted octanol–water partition coefficient (Wildman–Crippen LogP) is 3.37. The van der Waals surface area contributed by atoms with Gasteiger partial charge in [-0.3, -0.25) is 0 Å². The lowest BCUT2D eigenvalue weighted by molar-refractivity contribution is 0.167. The van der Waals surface area contributed by atoms with E-state index >= 15 is 0 Å². The summed E-state index contributed by atoms with van der Waals surface area (Å²) in [7, 11) is 3.21. The van der Waals surface area contributed by atoms with Crippen LogP contribution in [0.4, 0.5) is 0 Å². The second kappa shape index (κ2) is 6.96. The Morgan fingerprint density at radius 1 is 0.950 bits per heavy atom. The minimum atomic E-state index is -0.529. The third-order valence-electron chi connectivity index (χ3n) is 3.31. The molecule has 0 spiro atoms. The first kappa shape index (κ1) is 14.4. The zero-order valence-corrected chi connectivity index (χ0v) is 11.9. The summed E-state index contributed by atoms with van der Waals surface area (Å²) in [5.41, 5.74) is 2.04. The molecule has 3 nitrogen and oxygen atoms in total. The number of hydrogen-bond acceptors (Lipinski definition) is 3. The van der Waals surface area contributed by atoms with Gasteiger partial charge in [-0.2, -0.15) is 0 Å². The van der Waals surface area contributed by atoms with Crippen LogP contribution >= 0.6 is 0 Å². The molecule has 2 aromatic rings. The normalized spacial score (nSPS) is 11.9. The van der Waals surface area contributed by atoms with Crippen LogP contribution in [-0.4, -0.2) is 19.3 Å². The molecule has 0 heterocycles. The average Bonchev–Trinajstić information content (AvgIpc) is 2.52. The molecule has 0 saturated carbocycles. The van der Waals surface area contributed by atoms with Crippen molar-refractivity contribution in [2.75, 3.05) is 14.2 Å². The van der Waals surface area contributed by atoms with E-state index in [0.29, 0.717) is 17.9 Å². The molecule has 0 aliphatic carbocycles. The van der Waals surface area contributed by atoms with Crippen molar-refractivity contribution in [1.29, 1.82) is 0 Å². The van der Waals surface area contributed by atoms with Gasteiger partial charge < -0.3 is 14.6 Å². The van der Waals surface area contributed by atoms with Crippen molar-refractivity contribution in [3.05, 3.63) is 59.7 Å². The minimum absolute atomic E-state index is 0.529. The second-order valence-corrected chi connectivity index (χ2v) is 4.69. The van der Waals surface area contributed by atoms with E-state index in [0.717, 1.165) is 12.0 Å². The number of aliphatic hydroxyl groups is 1. The van der Waals surface area contributed by atoms with Crippen LogP contribution in [0.15, 0.2) is 48.5 Å². The number of benzene rings is 2. The molecular formula is C17H20O3. The predicted molar refractivity (Wildman–Crippen MR) is 79.3 cm³/mol. The number of methoxy groups -OCH3 is 2. The molecule has 2 aromatic carbocycles. The summed E-state index contributed by atoms with van der Waals surface area (Å²) in [5, 5.41) is 10.3. The van der Waals surface area contributed by atoms with Gasteiger partial charge in [0, 0.05) is 6.07 Å². The van der Waals surface area contributed by atoms with Gasteiger partial charge in [-0.25, -0.2) is 0 Å². The van der Waals surface area contributed by atoms with Gasteiger partial charge in [0.1, 0.15) is 11.5 Å². The molecule has 0 aliphatic rings. The van der Waals surface area contributed by atoms with Crippen molar-refractivity contribution in [2.24, 2.45) is 0 Å². The summed E-state index contributed by atoms with van der Waals surface area (Å²) in [4.78, 5) is 0. The molecule has 20 heavy (non-hydrogen) atoms. The van der Waals surface area contributed by atoms with E-state index in [1.807, 2.05) is 30.3 Å². The van der Waals surface area contributed by atoms with Gasteiger partial charge in [0.15, 0.2) is 0 Å². The lowest BCUT2D eigenvalue weighted by atomic mass is 10.0. The largest absolute Gasteiger partial charge is 0.497 e. The summed E-state index contributed by atoms with van der Waals surface area (Å²) in [6.07, 6.45) is 0.973. The van der Waals surface area contributed by atoms with E-state index in [4.69, 9.17) is 9.47 Å². The Morgan fingerprint density at radius 2 is 1.55 bits per heavy atom. The van der Waals surface area contributed by atoms with Crippen molar-refractivity contribution in [1.82, 2.24) is 0 Å². The smallest absolute Gasteiger partial charge is 0.122 e. The Hall–Kier alpha value is -2.00. The van der Waals surface area contributed by atoms with Crippen molar-refractivity contribution in [3.8, 4) is 11.5 Å². The van der Waals surface area contributed by atoms with Crippen LogP contribution in [0, 0.1) is 0 Å². The molecule has 0 aliphatic heterocycles. The van der Waals surface area contributed by atoms with E-state index in [1.54, 1.807) is 20.3 Å². The summed E-state index contributed by atoms with van der Waals surface area (Å²) in [6, 6.07) is 15.6. The first-order valence-corrected chi connectivity index (χ1v) is 6.68. The molecule has 0 bridgehead atoms. The van der Waals surface area contributed by atoms with E-state index in [-0.39, 0.29) is 0 Å². The zero-order valence-electron chi connectivity index (χ0n) is 11.9. The van der Waals surface area contributed by atoms with E-state index in [1.165, 1.54) is 5.56 Å². The maximum absolute atomic E-state index is 10.3. The standard InChI is InChI=1S/C17H20O3/c1-19-15-10-14(11-16(12-15)20-2)17(18)9-8-13-6-4-3-5-7-13/h3-7,10-12,17-18H,8-9H2,1-2H3. The molecule has 1 atom stereocenters. The topological polar surface area (TPSA) is 38.7 Å². The van der Waals surface area contributed by atoms with Crippen LogP contribution in [-0.2, 0) is 6.42 Å². The first-order valence-electron chi connectivity index (χ1n) is 6.68. The van der Waals surface area contributed by atoms with Crippen molar-refractivity contribution < 1.29 is 14.6 Å². The van der Waals surface area contributed by atoms with Crippen LogP contribution in [0.5, 0.6) is 11.5 Å². The molecule has 0 saturated heterocycles. The van der Waals surface area contributed by atoms with Crippen LogP contribution in [0.25, 0.3) is 0 Å². The highest BCUT2D eigenvalue weighted by atomic mass is 16.5. The highest BCUT2D eigenvalue weighted by Crippen LogP contribution is 2.28. The highest BCUT2D eigenvalue weighted by Gasteiger charge is 2.11. The third kappa shape index (κ3) is 3.75. The van der Waals surface area contributed by atoms with Gasteiger partial charge >= 0.3 is 0 Å². The van der Waals surface area contributed by atoms with Crippen LogP contribution in [0.1, 0.15) is 23.7 Å².